The van der Waals surface area contributed by atoms with E-state index in [1.165, 1.54) is 16.2 Å². The highest BCUT2D eigenvalue weighted by Gasteiger charge is 2.35. The first-order chi connectivity index (χ1) is 14.4. The Morgan fingerprint density at radius 1 is 1.40 bits per heavy atom. The van der Waals surface area contributed by atoms with E-state index < -0.39 is 0 Å². The Hall–Kier alpha value is -2.23. The van der Waals surface area contributed by atoms with E-state index in [4.69, 9.17) is 17.0 Å². The molecule has 1 N–H and O–H groups in total. The first-order valence-electron chi connectivity index (χ1n) is 9.90. The lowest BCUT2D eigenvalue weighted by Gasteiger charge is -2.21. The number of carbonyl (C=O) groups is 1. The monoisotopic (exact) mass is 446 g/mol. The summed E-state index contributed by atoms with van der Waals surface area (Å²) in [5, 5.41) is 3.24. The molecule has 30 heavy (non-hydrogen) atoms. The second-order valence-electron chi connectivity index (χ2n) is 7.15. The average Bonchev–Trinajstić information content (AvgIpc) is 3.01. The Kier molecular flexibility index (Phi) is 7.27. The molecular formula is C21H26N4O3S2. The summed E-state index contributed by atoms with van der Waals surface area (Å²) >= 11 is 6.63. The first-order valence-corrected chi connectivity index (χ1v) is 11.1. The van der Waals surface area contributed by atoms with Gasteiger partial charge in [-0.15, -0.1) is 0 Å². The van der Waals surface area contributed by atoms with Gasteiger partial charge in [-0.1, -0.05) is 37.0 Å². The predicted octanol–water partition coefficient (Wildman–Crippen LogP) is 3.45. The van der Waals surface area contributed by atoms with Gasteiger partial charge in [0.25, 0.3) is 11.5 Å². The van der Waals surface area contributed by atoms with Crippen LogP contribution < -0.4 is 10.9 Å². The maximum atomic E-state index is 13.3. The summed E-state index contributed by atoms with van der Waals surface area (Å²) in [6.07, 6.45) is 4.87. The number of hydrogen-bond donors (Lipinski definition) is 1. The van der Waals surface area contributed by atoms with Crippen LogP contribution >= 0.6 is 24.0 Å². The molecule has 160 valence electrons. The Balaban J connectivity index is 2.08. The Morgan fingerprint density at radius 2 is 2.17 bits per heavy atom. The van der Waals surface area contributed by atoms with Gasteiger partial charge in [0.1, 0.15) is 15.8 Å². The summed E-state index contributed by atoms with van der Waals surface area (Å²) in [6.45, 7) is 7.08. The van der Waals surface area contributed by atoms with Crippen LogP contribution in [0.1, 0.15) is 37.8 Å². The summed E-state index contributed by atoms with van der Waals surface area (Å²) in [5.41, 5.74) is 1.59. The van der Waals surface area contributed by atoms with Gasteiger partial charge in [0.15, 0.2) is 0 Å². The van der Waals surface area contributed by atoms with E-state index in [-0.39, 0.29) is 17.5 Å². The van der Waals surface area contributed by atoms with E-state index in [0.29, 0.717) is 39.4 Å². The number of pyridine rings is 1. The normalized spacial score (nSPS) is 16.7. The van der Waals surface area contributed by atoms with Crippen molar-refractivity contribution in [1.29, 1.82) is 0 Å². The molecule has 2 aromatic rings. The van der Waals surface area contributed by atoms with Gasteiger partial charge in [-0.2, -0.15) is 0 Å². The van der Waals surface area contributed by atoms with Crippen molar-refractivity contribution >= 4 is 51.7 Å². The molecule has 1 aliphatic rings. The molecule has 0 radical (unpaired) electrons. The Bertz CT molecular complexity index is 1060. The van der Waals surface area contributed by atoms with E-state index >= 15 is 0 Å². The van der Waals surface area contributed by atoms with E-state index in [0.717, 1.165) is 18.4 Å². The van der Waals surface area contributed by atoms with Crippen LogP contribution in [0.2, 0.25) is 0 Å². The highest BCUT2D eigenvalue weighted by Crippen LogP contribution is 2.34. The van der Waals surface area contributed by atoms with Gasteiger partial charge in [0.05, 0.1) is 10.5 Å². The SMILES string of the molecule is CC[C@H](C)N1C(=O)/C(=C/c2c(NCCCOC)nc3c(C)cccn3c2=O)SC1=S. The van der Waals surface area contributed by atoms with Crippen molar-refractivity contribution in [3.63, 3.8) is 0 Å². The van der Waals surface area contributed by atoms with Crippen LogP contribution in [0.15, 0.2) is 28.0 Å². The second-order valence-corrected chi connectivity index (χ2v) is 8.82. The quantitative estimate of drug-likeness (QED) is 0.378. The summed E-state index contributed by atoms with van der Waals surface area (Å²) in [7, 11) is 1.65. The highest BCUT2D eigenvalue weighted by atomic mass is 32.2. The van der Waals surface area contributed by atoms with Crippen LogP contribution in [0.3, 0.4) is 0 Å². The molecule has 9 heteroatoms. The lowest BCUT2D eigenvalue weighted by molar-refractivity contribution is -0.123. The van der Waals surface area contributed by atoms with E-state index in [1.54, 1.807) is 24.3 Å². The zero-order valence-electron chi connectivity index (χ0n) is 17.6. The number of thiocarbonyl (C=S) groups is 1. The van der Waals surface area contributed by atoms with Crippen LogP contribution in [-0.4, -0.2) is 50.8 Å². The predicted molar refractivity (Wildman–Crippen MR) is 126 cm³/mol. The van der Waals surface area contributed by atoms with Gasteiger partial charge in [0, 0.05) is 32.5 Å². The third kappa shape index (κ3) is 4.43. The van der Waals surface area contributed by atoms with Gasteiger partial charge in [-0.3, -0.25) is 18.9 Å². The topological polar surface area (TPSA) is 75.9 Å². The molecule has 2 aromatic heterocycles. The summed E-state index contributed by atoms with van der Waals surface area (Å²) in [4.78, 5) is 33.0. The zero-order valence-corrected chi connectivity index (χ0v) is 19.2. The third-order valence-corrected chi connectivity index (χ3v) is 6.36. The molecule has 7 nitrogen and oxygen atoms in total. The zero-order chi connectivity index (χ0) is 21.8. The smallest absolute Gasteiger partial charge is 0.267 e. The number of nitrogens with zero attached hydrogens (tertiary/aromatic N) is 3. The molecular weight excluding hydrogens is 420 g/mol. The molecule has 0 spiro atoms. The molecule has 0 unspecified atom stereocenters. The standard InChI is InChI=1S/C21H26N4O3S2/c1-5-14(3)25-20(27)16(30-21(25)29)12-15-17(22-9-7-11-28-4)23-18-13(2)8-6-10-24(18)19(15)26/h6,8,10,12,14,22H,5,7,9,11H2,1-4H3/b16-12-/t14-/m0/s1. The van der Waals surface area contributed by atoms with Gasteiger partial charge >= 0.3 is 0 Å². The number of fused-ring (bicyclic) bond motifs is 1. The minimum atomic E-state index is -0.230. The molecule has 1 saturated heterocycles. The summed E-state index contributed by atoms with van der Waals surface area (Å²) < 4.78 is 7.12. The van der Waals surface area contributed by atoms with Gasteiger partial charge in [-0.05, 0) is 44.4 Å². The summed E-state index contributed by atoms with van der Waals surface area (Å²) in [6, 6.07) is 3.73. The molecule has 1 amide bonds. The van der Waals surface area contributed by atoms with Gasteiger partial charge in [-0.25, -0.2) is 4.98 Å². The molecule has 0 saturated carbocycles. The molecule has 1 fully saturated rings. The van der Waals surface area contributed by atoms with E-state index in [1.807, 2.05) is 32.9 Å². The number of aromatic nitrogens is 2. The maximum absolute atomic E-state index is 13.3. The minimum absolute atomic E-state index is 0.00788. The number of nitrogens with one attached hydrogen (secondary N) is 1. The van der Waals surface area contributed by atoms with Crippen LogP contribution in [0.5, 0.6) is 0 Å². The number of hydrogen-bond acceptors (Lipinski definition) is 7. The van der Waals surface area contributed by atoms with E-state index in [2.05, 4.69) is 10.3 Å². The third-order valence-electron chi connectivity index (χ3n) is 5.03. The van der Waals surface area contributed by atoms with Gasteiger partial charge in [0.2, 0.25) is 0 Å². The number of methoxy groups -OCH3 is 1. The van der Waals surface area contributed by atoms with Crippen LogP contribution in [-0.2, 0) is 9.53 Å². The Labute approximate surface area is 185 Å². The van der Waals surface area contributed by atoms with Crippen molar-refractivity contribution in [3.05, 3.63) is 44.7 Å². The fraction of sp³-hybridized carbons (Fsp3) is 0.429. The maximum Gasteiger partial charge on any atom is 0.267 e. The molecule has 1 atom stereocenters. The molecule has 1 aliphatic heterocycles. The number of ether oxygens (including phenoxy) is 1. The lowest BCUT2D eigenvalue weighted by Crippen LogP contribution is -2.36. The van der Waals surface area contributed by atoms with Crippen molar-refractivity contribution in [2.75, 3.05) is 25.6 Å². The average molecular weight is 447 g/mol. The molecule has 3 rings (SSSR count). The van der Waals surface area contributed by atoms with Crippen LogP contribution in [0.25, 0.3) is 11.7 Å². The molecule has 3 heterocycles. The molecule has 0 bridgehead atoms. The van der Waals surface area contributed by atoms with Gasteiger partial charge < -0.3 is 10.1 Å². The number of amides is 1. The van der Waals surface area contributed by atoms with Crippen molar-refractivity contribution < 1.29 is 9.53 Å². The van der Waals surface area contributed by atoms with E-state index in [9.17, 15) is 9.59 Å². The van der Waals surface area contributed by atoms with Crippen molar-refractivity contribution in [2.45, 2.75) is 39.7 Å². The van der Waals surface area contributed by atoms with Crippen molar-refractivity contribution in [3.8, 4) is 0 Å². The minimum Gasteiger partial charge on any atom is -0.385 e. The van der Waals surface area contributed by atoms with Crippen LogP contribution in [0, 0.1) is 6.92 Å². The lowest BCUT2D eigenvalue weighted by atomic mass is 10.2. The number of thioether (sulfide) groups is 1. The van der Waals surface area contributed by atoms with Crippen LogP contribution in [0.4, 0.5) is 5.82 Å². The number of carbonyl (C=O) groups excluding carboxylic acids is 1. The fourth-order valence-electron chi connectivity index (χ4n) is 3.17. The largest absolute Gasteiger partial charge is 0.385 e. The number of aryl methyl sites for hydroxylation is 1. The van der Waals surface area contributed by atoms with Crippen molar-refractivity contribution in [1.82, 2.24) is 14.3 Å². The molecule has 0 aliphatic carbocycles. The summed E-state index contributed by atoms with van der Waals surface area (Å²) in [5.74, 6) is 0.289. The van der Waals surface area contributed by atoms with Crippen molar-refractivity contribution in [2.24, 2.45) is 0 Å². The Morgan fingerprint density at radius 3 is 2.87 bits per heavy atom. The highest BCUT2D eigenvalue weighted by molar-refractivity contribution is 8.26. The number of rotatable bonds is 8. The first kappa shape index (κ1) is 22.5. The molecule has 0 aromatic carbocycles. The second kappa shape index (κ2) is 9.72. The fourth-order valence-corrected chi connectivity index (χ4v) is 4.62. The number of anilines is 1.